The van der Waals surface area contributed by atoms with Crippen molar-refractivity contribution in [3.8, 4) is 11.6 Å². The second-order valence-corrected chi connectivity index (χ2v) is 7.63. The highest BCUT2D eigenvalue weighted by molar-refractivity contribution is 5.78. The van der Waals surface area contributed by atoms with Gasteiger partial charge >= 0.3 is 0 Å². The first kappa shape index (κ1) is 21.7. The zero-order valence-corrected chi connectivity index (χ0v) is 17.9. The number of benzene rings is 2. The molecule has 1 saturated heterocycles. The monoisotopic (exact) mass is 436 g/mol. The molecule has 1 aliphatic heterocycles. The van der Waals surface area contributed by atoms with E-state index in [1.54, 1.807) is 18.2 Å². The van der Waals surface area contributed by atoms with Crippen molar-refractivity contribution < 1.29 is 18.7 Å². The molecule has 2 aromatic carbocycles. The molecule has 0 saturated carbocycles. The van der Waals surface area contributed by atoms with Crippen molar-refractivity contribution in [1.29, 1.82) is 0 Å². The van der Waals surface area contributed by atoms with E-state index in [-0.39, 0.29) is 24.4 Å². The number of nitrogens with zero attached hydrogens (tertiary/aromatic N) is 4. The molecular formula is C24H25FN4O3. The van der Waals surface area contributed by atoms with Crippen LogP contribution in [0.4, 0.5) is 10.2 Å². The van der Waals surface area contributed by atoms with Gasteiger partial charge in [0.05, 0.1) is 6.61 Å². The summed E-state index contributed by atoms with van der Waals surface area (Å²) < 4.78 is 24.7. The molecule has 0 N–H and O–H groups in total. The maximum Gasteiger partial charge on any atom is 0.248 e. The summed E-state index contributed by atoms with van der Waals surface area (Å²) in [5.74, 6) is 1.01. The molecule has 32 heavy (non-hydrogen) atoms. The first-order valence-electron chi connectivity index (χ1n) is 10.5. The van der Waals surface area contributed by atoms with Gasteiger partial charge in [-0.1, -0.05) is 36.4 Å². The predicted octanol–water partition coefficient (Wildman–Crippen LogP) is 3.66. The molecule has 166 valence electrons. The Hall–Kier alpha value is -3.52. The van der Waals surface area contributed by atoms with E-state index in [4.69, 9.17) is 9.47 Å². The Kier molecular flexibility index (Phi) is 6.91. The number of carbonyl (C=O) groups is 1. The van der Waals surface area contributed by atoms with Gasteiger partial charge in [-0.25, -0.2) is 14.4 Å². The van der Waals surface area contributed by atoms with Gasteiger partial charge in [-0.15, -0.1) is 0 Å². The Morgan fingerprint density at radius 2 is 1.94 bits per heavy atom. The lowest BCUT2D eigenvalue weighted by molar-refractivity contribution is -0.139. The van der Waals surface area contributed by atoms with Gasteiger partial charge in [0.2, 0.25) is 11.8 Å². The molecule has 4 rings (SSSR count). The van der Waals surface area contributed by atoms with Crippen molar-refractivity contribution in [2.45, 2.75) is 19.6 Å². The maximum atomic E-state index is 13.4. The van der Waals surface area contributed by atoms with Crippen LogP contribution in [0.3, 0.4) is 0 Å². The molecule has 0 bridgehead atoms. The van der Waals surface area contributed by atoms with Crippen molar-refractivity contribution in [2.75, 3.05) is 31.1 Å². The highest BCUT2D eigenvalue weighted by Gasteiger charge is 2.28. The van der Waals surface area contributed by atoms with E-state index in [2.05, 4.69) is 14.9 Å². The number of ether oxygens (including phenoxy) is 2. The molecule has 0 radical (unpaired) electrons. The third-order valence-corrected chi connectivity index (χ3v) is 5.25. The van der Waals surface area contributed by atoms with Crippen LogP contribution in [0.2, 0.25) is 0 Å². The zero-order valence-electron chi connectivity index (χ0n) is 17.9. The van der Waals surface area contributed by atoms with Gasteiger partial charge in [0.15, 0.2) is 0 Å². The number of halogens is 1. The van der Waals surface area contributed by atoms with Gasteiger partial charge < -0.3 is 19.3 Å². The topological polar surface area (TPSA) is 67.8 Å². The quantitative estimate of drug-likeness (QED) is 0.563. The minimum atomic E-state index is -0.376. The van der Waals surface area contributed by atoms with Crippen molar-refractivity contribution >= 4 is 11.7 Å². The van der Waals surface area contributed by atoms with Crippen molar-refractivity contribution in [1.82, 2.24) is 14.9 Å². The Morgan fingerprint density at radius 3 is 2.72 bits per heavy atom. The van der Waals surface area contributed by atoms with E-state index >= 15 is 0 Å². The average Bonchev–Trinajstić information content (AvgIpc) is 2.80. The molecule has 1 aliphatic rings. The minimum absolute atomic E-state index is 0.000807. The van der Waals surface area contributed by atoms with Gasteiger partial charge in [0, 0.05) is 37.8 Å². The van der Waals surface area contributed by atoms with E-state index < -0.39 is 0 Å². The number of anilines is 1. The zero-order chi connectivity index (χ0) is 22.3. The molecule has 7 nitrogen and oxygen atoms in total. The molecule has 3 aromatic rings. The third kappa shape index (κ3) is 5.59. The fraction of sp³-hybridized carbons (Fsp3) is 0.292. The van der Waals surface area contributed by atoms with Crippen LogP contribution in [0.15, 0.2) is 67.0 Å². The fourth-order valence-corrected chi connectivity index (χ4v) is 3.66. The van der Waals surface area contributed by atoms with Crippen molar-refractivity contribution in [2.24, 2.45) is 0 Å². The van der Waals surface area contributed by atoms with Gasteiger partial charge in [0.1, 0.15) is 30.3 Å². The number of amides is 1. The van der Waals surface area contributed by atoms with E-state index in [1.165, 1.54) is 18.5 Å². The Labute approximate surface area is 186 Å². The second-order valence-electron chi connectivity index (χ2n) is 7.63. The van der Waals surface area contributed by atoms with Crippen LogP contribution in [0, 0.1) is 5.82 Å². The number of piperazine rings is 1. The Balaban J connectivity index is 1.31. The van der Waals surface area contributed by atoms with E-state index in [1.807, 2.05) is 42.2 Å². The number of hydrogen-bond donors (Lipinski definition) is 0. The Morgan fingerprint density at radius 1 is 1.09 bits per heavy atom. The molecule has 0 aliphatic carbocycles. The molecule has 1 atom stereocenters. The summed E-state index contributed by atoms with van der Waals surface area (Å²) in [4.78, 5) is 25.0. The van der Waals surface area contributed by atoms with Crippen LogP contribution in [0.1, 0.15) is 12.5 Å². The molecular weight excluding hydrogens is 411 g/mol. The summed E-state index contributed by atoms with van der Waals surface area (Å²) in [6.07, 6.45) is 1.42. The molecule has 1 unspecified atom stereocenters. The minimum Gasteiger partial charge on any atom is -0.439 e. The summed E-state index contributed by atoms with van der Waals surface area (Å²) in [6, 6.07) is 17.4. The lowest BCUT2D eigenvalue weighted by Gasteiger charge is -2.40. The van der Waals surface area contributed by atoms with E-state index in [9.17, 15) is 9.18 Å². The lowest BCUT2D eigenvalue weighted by atomic mass is 10.2. The standard InChI is InChI=1S/C24H25FN4O3/c1-18-14-28(10-11-29(18)24(30)16-31-15-19-6-3-2-4-7-19)22-13-23(27-17-26-22)32-21-9-5-8-20(25)12-21/h2-9,12-13,17-18H,10-11,14-16H2,1H3. The summed E-state index contributed by atoms with van der Waals surface area (Å²) in [6.45, 7) is 4.30. The van der Waals surface area contributed by atoms with E-state index in [0.29, 0.717) is 43.7 Å². The van der Waals surface area contributed by atoms with Crippen LogP contribution in [0.5, 0.6) is 11.6 Å². The van der Waals surface area contributed by atoms with Gasteiger partial charge in [-0.3, -0.25) is 4.79 Å². The van der Waals surface area contributed by atoms with Crippen LogP contribution in [-0.4, -0.2) is 53.1 Å². The second kappa shape index (κ2) is 10.2. The summed E-state index contributed by atoms with van der Waals surface area (Å²) in [7, 11) is 0. The summed E-state index contributed by atoms with van der Waals surface area (Å²) in [5.41, 5.74) is 1.04. The highest BCUT2D eigenvalue weighted by Crippen LogP contribution is 2.24. The smallest absolute Gasteiger partial charge is 0.248 e. The molecule has 1 amide bonds. The van der Waals surface area contributed by atoms with Crippen molar-refractivity contribution in [3.05, 3.63) is 78.4 Å². The first-order valence-corrected chi connectivity index (χ1v) is 10.5. The van der Waals surface area contributed by atoms with Gasteiger partial charge in [-0.05, 0) is 24.6 Å². The fourth-order valence-electron chi connectivity index (χ4n) is 3.66. The van der Waals surface area contributed by atoms with Crippen molar-refractivity contribution in [3.63, 3.8) is 0 Å². The number of hydrogen-bond acceptors (Lipinski definition) is 6. The van der Waals surface area contributed by atoms with Crippen LogP contribution in [0.25, 0.3) is 0 Å². The predicted molar refractivity (Wildman–Crippen MR) is 118 cm³/mol. The molecule has 0 spiro atoms. The lowest BCUT2D eigenvalue weighted by Crippen LogP contribution is -2.55. The maximum absolute atomic E-state index is 13.4. The third-order valence-electron chi connectivity index (χ3n) is 5.25. The van der Waals surface area contributed by atoms with E-state index in [0.717, 1.165) is 5.56 Å². The van der Waals surface area contributed by atoms with Crippen LogP contribution in [-0.2, 0) is 16.1 Å². The first-order chi connectivity index (χ1) is 15.6. The van der Waals surface area contributed by atoms with Gasteiger partial charge in [0.25, 0.3) is 0 Å². The summed E-state index contributed by atoms with van der Waals surface area (Å²) >= 11 is 0. The number of rotatable bonds is 7. The Bertz CT molecular complexity index is 1050. The largest absolute Gasteiger partial charge is 0.439 e. The molecule has 2 heterocycles. The summed E-state index contributed by atoms with van der Waals surface area (Å²) in [5, 5.41) is 0. The van der Waals surface area contributed by atoms with Crippen LogP contribution < -0.4 is 9.64 Å². The molecule has 1 fully saturated rings. The normalized spacial score (nSPS) is 16.1. The number of aromatic nitrogens is 2. The molecule has 8 heteroatoms. The van der Waals surface area contributed by atoms with Gasteiger partial charge in [-0.2, -0.15) is 0 Å². The SMILES string of the molecule is CC1CN(c2cc(Oc3cccc(F)c3)ncn2)CCN1C(=O)COCc1ccccc1. The number of carbonyl (C=O) groups excluding carboxylic acids is 1. The highest BCUT2D eigenvalue weighted by atomic mass is 19.1. The van der Waals surface area contributed by atoms with Crippen LogP contribution >= 0.6 is 0 Å². The molecule has 1 aromatic heterocycles. The average molecular weight is 436 g/mol.